The molecular weight excluding hydrogens is 264 g/mol. The highest BCUT2D eigenvalue weighted by Crippen LogP contribution is 2.46. The Hall–Kier alpha value is -1.24. The summed E-state index contributed by atoms with van der Waals surface area (Å²) in [5, 5.41) is 17.4. The maximum atomic E-state index is 10.6. The van der Waals surface area contributed by atoms with Crippen LogP contribution in [0.15, 0.2) is 5.16 Å². The molecule has 1 aromatic heterocycles. The Balaban J connectivity index is 2.18. The number of nitrogens with zero attached hydrogens (tertiary/aromatic N) is 3. The van der Waals surface area contributed by atoms with E-state index < -0.39 is 5.97 Å². The molecule has 3 N–H and O–H groups in total. The van der Waals surface area contributed by atoms with Crippen molar-refractivity contribution in [3.8, 4) is 0 Å². The number of thioether (sulfide) groups is 1. The average Bonchev–Trinajstić information content (AvgIpc) is 2.68. The zero-order valence-electron chi connectivity index (χ0n) is 11.3. The molecule has 0 spiro atoms. The van der Waals surface area contributed by atoms with E-state index in [1.165, 1.54) is 17.5 Å². The van der Waals surface area contributed by atoms with Gasteiger partial charge < -0.3 is 10.9 Å². The van der Waals surface area contributed by atoms with Crippen molar-refractivity contribution in [1.82, 2.24) is 14.9 Å². The number of hydrogen-bond acceptors (Lipinski definition) is 5. The molecule has 0 radical (unpaired) electrons. The van der Waals surface area contributed by atoms with Crippen LogP contribution < -0.4 is 5.84 Å². The number of hydrogen-bond donors (Lipinski definition) is 2. The van der Waals surface area contributed by atoms with E-state index in [1.807, 2.05) is 0 Å². The lowest BCUT2D eigenvalue weighted by molar-refractivity contribution is -0.133. The van der Waals surface area contributed by atoms with E-state index in [1.54, 1.807) is 0 Å². The van der Waals surface area contributed by atoms with Crippen LogP contribution in [0.25, 0.3) is 0 Å². The summed E-state index contributed by atoms with van der Waals surface area (Å²) in [6.45, 7) is 4.46. The first-order chi connectivity index (χ1) is 8.92. The van der Waals surface area contributed by atoms with E-state index in [0.29, 0.717) is 5.16 Å². The van der Waals surface area contributed by atoms with Crippen LogP contribution in [0.1, 0.15) is 51.3 Å². The predicted octanol–water partition coefficient (Wildman–Crippen LogP) is 1.85. The highest BCUT2D eigenvalue weighted by molar-refractivity contribution is 7.99. The van der Waals surface area contributed by atoms with Crippen LogP contribution in [0, 0.1) is 5.41 Å². The molecule has 6 nitrogen and oxygen atoms in total. The summed E-state index contributed by atoms with van der Waals surface area (Å²) in [4.78, 5) is 10.6. The van der Waals surface area contributed by atoms with Crippen LogP contribution in [0.5, 0.6) is 0 Å². The first-order valence-electron chi connectivity index (χ1n) is 6.47. The van der Waals surface area contributed by atoms with E-state index in [9.17, 15) is 4.79 Å². The van der Waals surface area contributed by atoms with Crippen molar-refractivity contribution in [2.75, 3.05) is 11.6 Å². The lowest BCUT2D eigenvalue weighted by Crippen LogP contribution is -2.30. The first kappa shape index (κ1) is 14.2. The fourth-order valence-electron chi connectivity index (χ4n) is 2.72. The standard InChI is InChI=1S/C12H20N4O2S/c1-12(2)6-4-3-5-8(12)10-14-15-11(16(10)13)19-7-9(17)18/h8H,3-7,13H2,1-2H3,(H,17,18). The van der Waals surface area contributed by atoms with Crippen molar-refractivity contribution in [2.45, 2.75) is 50.6 Å². The zero-order chi connectivity index (χ0) is 14.0. The molecular formula is C12H20N4O2S. The van der Waals surface area contributed by atoms with E-state index in [-0.39, 0.29) is 17.1 Å². The number of carboxylic acid groups (broad SMARTS) is 1. The number of carboxylic acids is 1. The minimum Gasteiger partial charge on any atom is -0.481 e. The molecule has 1 aliphatic rings. The molecule has 0 aliphatic heterocycles. The highest BCUT2D eigenvalue weighted by atomic mass is 32.2. The molecule has 0 bridgehead atoms. The third-order valence-electron chi connectivity index (χ3n) is 3.83. The predicted molar refractivity (Wildman–Crippen MR) is 73.5 cm³/mol. The van der Waals surface area contributed by atoms with Crippen molar-refractivity contribution in [3.05, 3.63) is 5.82 Å². The van der Waals surface area contributed by atoms with Gasteiger partial charge in [-0.3, -0.25) is 4.79 Å². The topological polar surface area (TPSA) is 94.0 Å². The lowest BCUT2D eigenvalue weighted by atomic mass is 9.68. The summed E-state index contributed by atoms with van der Waals surface area (Å²) < 4.78 is 1.46. The molecule has 106 valence electrons. The molecule has 7 heteroatoms. The largest absolute Gasteiger partial charge is 0.481 e. The zero-order valence-corrected chi connectivity index (χ0v) is 12.1. The molecule has 1 saturated carbocycles. The summed E-state index contributed by atoms with van der Waals surface area (Å²) in [7, 11) is 0. The van der Waals surface area contributed by atoms with Gasteiger partial charge >= 0.3 is 5.97 Å². The number of nitrogens with two attached hydrogens (primary N) is 1. The average molecular weight is 284 g/mol. The quantitative estimate of drug-likeness (QED) is 0.647. The summed E-state index contributed by atoms with van der Waals surface area (Å²) in [6.07, 6.45) is 4.63. The Kier molecular flexibility index (Phi) is 4.03. The lowest BCUT2D eigenvalue weighted by Gasteiger charge is -2.37. The van der Waals surface area contributed by atoms with Crippen molar-refractivity contribution >= 4 is 17.7 Å². The maximum Gasteiger partial charge on any atom is 0.313 e. The number of rotatable bonds is 4. The summed E-state index contributed by atoms with van der Waals surface area (Å²) >= 11 is 1.10. The van der Waals surface area contributed by atoms with Gasteiger partial charge in [-0.25, -0.2) is 4.68 Å². The number of nitrogen functional groups attached to an aromatic ring is 1. The Bertz CT molecular complexity index is 472. The van der Waals surface area contributed by atoms with Crippen molar-refractivity contribution in [3.63, 3.8) is 0 Å². The molecule has 1 aliphatic carbocycles. The molecule has 1 fully saturated rings. The fourth-order valence-corrected chi connectivity index (χ4v) is 3.31. The van der Waals surface area contributed by atoms with Crippen LogP contribution in [0.3, 0.4) is 0 Å². The summed E-state index contributed by atoms with van der Waals surface area (Å²) in [5.74, 6) is 6.15. The number of carbonyl (C=O) groups is 1. The van der Waals surface area contributed by atoms with Crippen LogP contribution in [0.2, 0.25) is 0 Å². The number of aromatic nitrogens is 3. The molecule has 0 amide bonds. The van der Waals surface area contributed by atoms with Gasteiger partial charge in [-0.15, -0.1) is 10.2 Å². The van der Waals surface area contributed by atoms with Gasteiger partial charge in [0.05, 0.1) is 5.75 Å². The Labute approximate surface area is 116 Å². The van der Waals surface area contributed by atoms with Gasteiger partial charge in [-0.05, 0) is 18.3 Å². The Morgan fingerprint density at radius 1 is 1.53 bits per heavy atom. The number of aliphatic carboxylic acids is 1. The van der Waals surface area contributed by atoms with Crippen LogP contribution in [0.4, 0.5) is 0 Å². The van der Waals surface area contributed by atoms with Crippen molar-refractivity contribution < 1.29 is 9.90 Å². The van der Waals surface area contributed by atoms with Gasteiger partial charge in [0.1, 0.15) is 0 Å². The van der Waals surface area contributed by atoms with Gasteiger partial charge in [-0.1, -0.05) is 38.5 Å². The molecule has 1 aromatic rings. The second-order valence-electron chi connectivity index (χ2n) is 5.68. The van der Waals surface area contributed by atoms with E-state index in [4.69, 9.17) is 10.9 Å². The second-order valence-corrected chi connectivity index (χ2v) is 6.62. The molecule has 1 unspecified atom stereocenters. The van der Waals surface area contributed by atoms with Gasteiger partial charge in [0.2, 0.25) is 5.16 Å². The molecule has 1 heterocycles. The third-order valence-corrected chi connectivity index (χ3v) is 4.76. The Morgan fingerprint density at radius 2 is 2.26 bits per heavy atom. The van der Waals surface area contributed by atoms with Gasteiger partial charge in [0, 0.05) is 5.92 Å². The van der Waals surface area contributed by atoms with Crippen LogP contribution >= 0.6 is 11.8 Å². The summed E-state index contributed by atoms with van der Waals surface area (Å²) in [6, 6.07) is 0. The molecule has 19 heavy (non-hydrogen) atoms. The van der Waals surface area contributed by atoms with E-state index in [2.05, 4.69) is 24.0 Å². The molecule has 0 saturated heterocycles. The molecule has 1 atom stereocenters. The third kappa shape index (κ3) is 3.02. The highest BCUT2D eigenvalue weighted by Gasteiger charge is 2.36. The fraction of sp³-hybridized carbons (Fsp3) is 0.750. The Morgan fingerprint density at radius 3 is 2.89 bits per heavy atom. The van der Waals surface area contributed by atoms with Crippen molar-refractivity contribution in [2.24, 2.45) is 5.41 Å². The van der Waals surface area contributed by atoms with Gasteiger partial charge in [0.25, 0.3) is 0 Å². The van der Waals surface area contributed by atoms with Crippen LogP contribution in [-0.2, 0) is 4.79 Å². The minimum absolute atomic E-state index is 0.0522. The SMILES string of the molecule is CC1(C)CCCCC1c1nnc(SCC(=O)O)n1N. The smallest absolute Gasteiger partial charge is 0.313 e. The van der Waals surface area contributed by atoms with Gasteiger partial charge in [0.15, 0.2) is 5.82 Å². The maximum absolute atomic E-state index is 10.6. The van der Waals surface area contributed by atoms with Crippen molar-refractivity contribution in [1.29, 1.82) is 0 Å². The minimum atomic E-state index is -0.882. The molecule has 0 aromatic carbocycles. The van der Waals surface area contributed by atoms with E-state index >= 15 is 0 Å². The van der Waals surface area contributed by atoms with Crippen LogP contribution in [-0.4, -0.2) is 31.7 Å². The molecule has 2 rings (SSSR count). The normalized spacial score (nSPS) is 22.3. The monoisotopic (exact) mass is 284 g/mol. The summed E-state index contributed by atoms with van der Waals surface area (Å²) in [5.41, 5.74) is 0.164. The van der Waals surface area contributed by atoms with E-state index in [0.717, 1.165) is 30.4 Å². The first-order valence-corrected chi connectivity index (χ1v) is 7.45. The van der Waals surface area contributed by atoms with Gasteiger partial charge in [-0.2, -0.15) is 0 Å². The second kappa shape index (κ2) is 5.40.